The fourth-order valence-electron chi connectivity index (χ4n) is 5.58. The summed E-state index contributed by atoms with van der Waals surface area (Å²) in [5.74, 6) is -1.85. The van der Waals surface area contributed by atoms with Gasteiger partial charge in [0.15, 0.2) is 5.75 Å². The van der Waals surface area contributed by atoms with E-state index in [4.69, 9.17) is 4.74 Å². The number of rotatable bonds is 15. The van der Waals surface area contributed by atoms with Gasteiger partial charge in [0, 0.05) is 16.5 Å². The van der Waals surface area contributed by atoms with Gasteiger partial charge in [-0.2, -0.15) is 40.2 Å². The molecule has 0 spiro atoms. The quantitative estimate of drug-likeness (QED) is 0.0250. The second kappa shape index (κ2) is 16.8. The molecule has 5 aromatic carbocycles. The Labute approximate surface area is 336 Å². The summed E-state index contributed by atoms with van der Waals surface area (Å²) in [5.41, 5.74) is -0.399. The van der Waals surface area contributed by atoms with Gasteiger partial charge >= 0.3 is 5.97 Å². The Balaban J connectivity index is 1.41. The van der Waals surface area contributed by atoms with Crippen LogP contribution in [0.1, 0.15) is 20.3 Å². The number of carbonyl (C=O) groups excluding carboxylic acids is 1. The minimum absolute atomic E-state index is 0.0287. The maximum Gasteiger partial charge on any atom is 0.308 e. The number of nitrogens with zero attached hydrogens (tertiary/aromatic N) is 5. The summed E-state index contributed by atoms with van der Waals surface area (Å²) in [7, 11) is -14.1. The number of anilines is 5. The predicted molar refractivity (Wildman–Crippen MR) is 215 cm³/mol. The van der Waals surface area contributed by atoms with E-state index in [0.29, 0.717) is 11.8 Å². The van der Waals surface area contributed by atoms with E-state index in [0.717, 1.165) is 24.3 Å². The topological polar surface area (TPSA) is 309 Å². The van der Waals surface area contributed by atoms with Crippen molar-refractivity contribution in [2.45, 2.75) is 35.0 Å². The molecule has 7 N–H and O–H groups in total. The van der Waals surface area contributed by atoms with Crippen LogP contribution < -0.4 is 16.0 Å². The number of hydrogen-bond donors (Lipinski definition) is 7. The second-order valence-electron chi connectivity index (χ2n) is 12.7. The number of benzene rings is 5. The van der Waals surface area contributed by atoms with Crippen LogP contribution in [0.3, 0.4) is 0 Å². The van der Waals surface area contributed by atoms with Crippen molar-refractivity contribution in [1.29, 1.82) is 0 Å². The lowest BCUT2D eigenvalue weighted by Gasteiger charge is -2.15. The van der Waals surface area contributed by atoms with Crippen molar-refractivity contribution in [1.82, 2.24) is 15.0 Å². The normalized spacial score (nSPS) is 12.8. The van der Waals surface area contributed by atoms with E-state index in [9.17, 15) is 48.8 Å². The minimum Gasteiger partial charge on any atom is -0.505 e. The van der Waals surface area contributed by atoms with E-state index in [1.165, 1.54) is 36.4 Å². The predicted octanol–water partition coefficient (Wildman–Crippen LogP) is 6.53. The molecule has 0 radical (unpaired) electrons. The molecule has 0 aliphatic rings. The maximum atomic E-state index is 12.4. The summed E-state index contributed by atoms with van der Waals surface area (Å²) in [4.78, 5) is 23.6. The van der Waals surface area contributed by atoms with Crippen LogP contribution in [0.25, 0.3) is 21.5 Å². The molecule has 1 aromatic heterocycles. The molecule has 308 valence electrons. The van der Waals surface area contributed by atoms with Crippen molar-refractivity contribution in [2.24, 2.45) is 16.1 Å². The van der Waals surface area contributed by atoms with Crippen molar-refractivity contribution in [2.75, 3.05) is 29.1 Å². The Bertz CT molecular complexity index is 2970. The van der Waals surface area contributed by atoms with Gasteiger partial charge in [-0.25, -0.2) is 0 Å². The van der Waals surface area contributed by atoms with Crippen LogP contribution in [0, 0.1) is 5.92 Å². The summed E-state index contributed by atoms with van der Waals surface area (Å²) in [5, 5.41) is 28.8. The molecule has 0 saturated heterocycles. The highest BCUT2D eigenvalue weighted by molar-refractivity contribution is 7.86. The van der Waals surface area contributed by atoms with Crippen molar-refractivity contribution < 1.29 is 53.5 Å². The molecule has 0 amide bonds. The van der Waals surface area contributed by atoms with Gasteiger partial charge in [-0.15, -0.1) is 10.2 Å². The Morgan fingerprint density at radius 3 is 2.00 bits per heavy atom. The van der Waals surface area contributed by atoms with Crippen LogP contribution >= 0.6 is 0 Å². The number of hydrogen-bond acceptors (Lipinski definition) is 17. The van der Waals surface area contributed by atoms with Crippen LogP contribution in [0.2, 0.25) is 0 Å². The van der Waals surface area contributed by atoms with Gasteiger partial charge in [-0.3, -0.25) is 18.5 Å². The zero-order valence-electron chi connectivity index (χ0n) is 30.8. The molecule has 20 nitrogen and oxygen atoms in total. The van der Waals surface area contributed by atoms with E-state index in [1.54, 1.807) is 31.2 Å². The highest BCUT2D eigenvalue weighted by Crippen LogP contribution is 2.42. The number of nitrogens with one attached hydrogen (secondary N) is 3. The number of aromatic hydroxyl groups is 1. The highest BCUT2D eigenvalue weighted by Gasteiger charge is 2.22. The molecule has 0 fully saturated rings. The van der Waals surface area contributed by atoms with E-state index < -0.39 is 51.9 Å². The largest absolute Gasteiger partial charge is 0.505 e. The Kier molecular flexibility index (Phi) is 12.1. The summed E-state index contributed by atoms with van der Waals surface area (Å²) in [6, 6.07) is 18.8. The average Bonchev–Trinajstić information content (AvgIpc) is 3.17. The second-order valence-corrected chi connectivity index (χ2v) is 16.9. The molecule has 1 unspecified atom stereocenters. The fraction of sp³-hybridized carbons (Fsp3) is 0.167. The number of esters is 1. The molecular weight excluding hydrogens is 833 g/mol. The molecular formula is C36H34N8O12S3. The lowest BCUT2D eigenvalue weighted by molar-refractivity contribution is -0.147. The third kappa shape index (κ3) is 10.0. The molecule has 59 heavy (non-hydrogen) atoms. The van der Waals surface area contributed by atoms with E-state index >= 15 is 0 Å². The summed E-state index contributed by atoms with van der Waals surface area (Å²) in [6.45, 7) is 3.51. The third-order valence-electron chi connectivity index (χ3n) is 8.66. The third-order valence-corrected chi connectivity index (χ3v) is 11.3. The zero-order valence-corrected chi connectivity index (χ0v) is 33.2. The van der Waals surface area contributed by atoms with Gasteiger partial charge in [0.1, 0.15) is 22.9 Å². The molecule has 0 bridgehead atoms. The lowest BCUT2D eigenvalue weighted by Crippen LogP contribution is -2.19. The smallest absolute Gasteiger partial charge is 0.308 e. The first kappa shape index (κ1) is 42.2. The molecule has 0 aliphatic heterocycles. The molecule has 0 aliphatic carbocycles. The van der Waals surface area contributed by atoms with Gasteiger partial charge < -0.3 is 25.8 Å². The van der Waals surface area contributed by atoms with Gasteiger partial charge in [0.25, 0.3) is 30.4 Å². The first-order valence-corrected chi connectivity index (χ1v) is 21.6. The van der Waals surface area contributed by atoms with E-state index in [1.807, 2.05) is 6.92 Å². The standard InChI is InChI=1S/C36H34N8O12S3/c1-3-20(2)33(46)56-17-16-37-34-40-35(38-23-10-12-24(13-11-23)57(47,48)49)42-36(41-34)39-29-19-25(58(50,51)52)18-22-9-14-27(31(45)30(22)29)43-44-28-15-8-21-6-4-5-7-26(21)32(28)59(53,54)55/h4-15,18-20,45H,3,16-17H2,1-2H3,(H,47,48,49)(H,50,51,52)(H,53,54,55)(H3,37,38,39,40,41,42). The first-order valence-electron chi connectivity index (χ1n) is 17.3. The SMILES string of the molecule is CCC(C)C(=O)OCCNc1nc(Nc2ccc(S(=O)(=O)O)cc2)nc(Nc2cc(S(=O)(=O)O)cc3ccc(N=Nc4ccc5ccccc5c4S(=O)(=O)O)c(O)c23)n1. The van der Waals surface area contributed by atoms with E-state index in [-0.39, 0.29) is 80.7 Å². The van der Waals surface area contributed by atoms with Crippen LogP contribution in [-0.4, -0.2) is 78.1 Å². The summed E-state index contributed by atoms with van der Waals surface area (Å²) in [6.07, 6.45) is 0.571. The lowest BCUT2D eigenvalue weighted by atomic mass is 10.1. The minimum atomic E-state index is -4.84. The Morgan fingerprint density at radius 2 is 1.34 bits per heavy atom. The molecule has 6 aromatic rings. The van der Waals surface area contributed by atoms with Crippen LogP contribution in [0.15, 0.2) is 110 Å². The molecule has 1 heterocycles. The molecule has 23 heteroatoms. The van der Waals surface area contributed by atoms with Crippen LogP contribution in [0.4, 0.5) is 40.6 Å². The van der Waals surface area contributed by atoms with Crippen molar-refractivity contribution in [3.05, 3.63) is 84.9 Å². The van der Waals surface area contributed by atoms with E-state index in [2.05, 4.69) is 41.1 Å². The van der Waals surface area contributed by atoms with Crippen molar-refractivity contribution in [3.8, 4) is 5.75 Å². The molecule has 1 atom stereocenters. The zero-order chi connectivity index (χ0) is 42.7. The number of ether oxygens (including phenoxy) is 1. The number of fused-ring (bicyclic) bond motifs is 2. The summed E-state index contributed by atoms with van der Waals surface area (Å²) < 4.78 is 107. The van der Waals surface area contributed by atoms with Crippen molar-refractivity contribution >= 4 is 98.5 Å². The number of phenolic OH excluding ortho intramolecular Hbond substituents is 1. The molecule has 0 saturated carbocycles. The number of carbonyl (C=O) groups is 1. The van der Waals surface area contributed by atoms with Gasteiger partial charge in [0.05, 0.1) is 27.9 Å². The molecule has 6 rings (SSSR count). The monoisotopic (exact) mass is 866 g/mol. The van der Waals surface area contributed by atoms with Crippen LogP contribution in [0.5, 0.6) is 5.75 Å². The highest BCUT2D eigenvalue weighted by atomic mass is 32.2. The summed E-state index contributed by atoms with van der Waals surface area (Å²) >= 11 is 0. The maximum absolute atomic E-state index is 12.4. The number of phenols is 1. The van der Waals surface area contributed by atoms with Crippen LogP contribution in [-0.2, 0) is 39.9 Å². The first-order chi connectivity index (χ1) is 27.8. The van der Waals surface area contributed by atoms with Gasteiger partial charge in [-0.05, 0) is 65.7 Å². The average molecular weight is 867 g/mol. The fourth-order valence-corrected chi connectivity index (χ4v) is 7.44. The Morgan fingerprint density at radius 1 is 0.729 bits per heavy atom. The number of azo groups is 1. The van der Waals surface area contributed by atoms with Gasteiger partial charge in [0.2, 0.25) is 17.8 Å². The van der Waals surface area contributed by atoms with Gasteiger partial charge in [-0.1, -0.05) is 50.2 Å². The Hall–Kier alpha value is -6.37. The van der Waals surface area contributed by atoms with Crippen molar-refractivity contribution in [3.63, 3.8) is 0 Å². The number of aromatic nitrogens is 3.